The molecule has 1 unspecified atom stereocenters. The number of aryl methyl sites for hydroxylation is 1. The van der Waals surface area contributed by atoms with Gasteiger partial charge in [-0.3, -0.25) is 0 Å². The Morgan fingerprint density at radius 3 is 2.65 bits per heavy atom. The molecule has 0 aliphatic carbocycles. The number of fused-ring (bicyclic) bond motifs is 1. The number of aliphatic hydroxyl groups excluding tert-OH is 5. The van der Waals surface area contributed by atoms with Crippen LogP contribution in [0.25, 0.3) is 11.1 Å². The molecule has 2 aromatic rings. The summed E-state index contributed by atoms with van der Waals surface area (Å²) in [5.41, 5.74) is 6.22. The van der Waals surface area contributed by atoms with E-state index in [1.807, 2.05) is 19.1 Å². The minimum absolute atomic E-state index is 0.533. The number of aliphatic hydroxyl groups is 5. The van der Waals surface area contributed by atoms with E-state index in [0.29, 0.717) is 5.56 Å². The molecule has 7 nitrogen and oxygen atoms in total. The fourth-order valence-electron chi connectivity index (χ4n) is 4.53. The van der Waals surface area contributed by atoms with Gasteiger partial charge in [0.1, 0.15) is 24.4 Å². The molecule has 4 rings (SSSR count). The summed E-state index contributed by atoms with van der Waals surface area (Å²) in [6.45, 7) is 3.23. The first kappa shape index (κ1) is 21.8. The predicted octanol–water partition coefficient (Wildman–Crippen LogP) is 2.13. The number of hydrogen-bond donors (Lipinski definition) is 5. The van der Waals surface area contributed by atoms with Crippen molar-refractivity contribution in [2.75, 3.05) is 20.2 Å². The van der Waals surface area contributed by atoms with E-state index in [1.54, 1.807) is 6.07 Å². The van der Waals surface area contributed by atoms with Crippen molar-refractivity contribution in [3.05, 3.63) is 70.2 Å². The third kappa shape index (κ3) is 3.95. The zero-order valence-corrected chi connectivity index (χ0v) is 17.7. The van der Waals surface area contributed by atoms with Crippen LogP contribution in [0.15, 0.2) is 47.9 Å². The molecule has 0 spiro atoms. The van der Waals surface area contributed by atoms with Gasteiger partial charge in [-0.15, -0.1) is 0 Å². The summed E-state index contributed by atoms with van der Waals surface area (Å²) < 4.78 is 5.48. The lowest BCUT2D eigenvalue weighted by molar-refractivity contribution is -0.148. The standard InChI is InChI=1S/C24H29NO6/c1-13-10-14(17-5-3-4-15-11-25(2)9-8-18(15)17)6-7-16(13)20(27)24-23(30)22(29)21(28)19(12-26)31-24/h3-7,10,19-21,24,26-30H,8-9,11-12H2,1-2H3/t19?,20-,21-,24-/m1/s1. The highest BCUT2D eigenvalue weighted by molar-refractivity contribution is 5.70. The molecule has 0 bridgehead atoms. The average molecular weight is 427 g/mol. The highest BCUT2D eigenvalue weighted by atomic mass is 16.5. The molecular weight excluding hydrogens is 398 g/mol. The Balaban J connectivity index is 1.65. The van der Waals surface area contributed by atoms with Gasteiger partial charge in [0, 0.05) is 13.1 Å². The first-order chi connectivity index (χ1) is 14.8. The second-order valence-corrected chi connectivity index (χ2v) is 8.44. The molecule has 0 radical (unpaired) electrons. The van der Waals surface area contributed by atoms with Crippen LogP contribution in [0, 0.1) is 6.92 Å². The van der Waals surface area contributed by atoms with Crippen molar-refractivity contribution in [2.45, 2.75) is 44.3 Å². The first-order valence-corrected chi connectivity index (χ1v) is 10.5. The van der Waals surface area contributed by atoms with Crippen molar-refractivity contribution in [3.63, 3.8) is 0 Å². The summed E-state index contributed by atoms with van der Waals surface area (Å²) in [7, 11) is 2.12. The highest BCUT2D eigenvalue weighted by Crippen LogP contribution is 2.36. The summed E-state index contributed by atoms with van der Waals surface area (Å²) in [4.78, 5) is 2.30. The Kier molecular flexibility index (Phi) is 6.05. The average Bonchev–Trinajstić information content (AvgIpc) is 2.76. The van der Waals surface area contributed by atoms with Gasteiger partial charge in [-0.2, -0.15) is 0 Å². The van der Waals surface area contributed by atoms with Crippen molar-refractivity contribution in [2.24, 2.45) is 0 Å². The van der Waals surface area contributed by atoms with Crippen LogP contribution in [0.4, 0.5) is 0 Å². The normalized spacial score (nSPS) is 25.4. The maximum atomic E-state index is 10.9. The molecule has 5 N–H and O–H groups in total. The largest absolute Gasteiger partial charge is 0.506 e. The Labute approximate surface area is 181 Å². The summed E-state index contributed by atoms with van der Waals surface area (Å²) in [6.07, 6.45) is -4.27. The highest BCUT2D eigenvalue weighted by Gasteiger charge is 2.41. The van der Waals surface area contributed by atoms with Crippen LogP contribution in [0.5, 0.6) is 0 Å². The van der Waals surface area contributed by atoms with Gasteiger partial charge in [0.2, 0.25) is 0 Å². The van der Waals surface area contributed by atoms with Crippen molar-refractivity contribution in [1.29, 1.82) is 0 Å². The van der Waals surface area contributed by atoms with Gasteiger partial charge >= 0.3 is 0 Å². The van der Waals surface area contributed by atoms with E-state index < -0.39 is 42.5 Å². The fourth-order valence-corrected chi connectivity index (χ4v) is 4.53. The molecule has 4 atom stereocenters. The van der Waals surface area contributed by atoms with Crippen LogP contribution in [0.3, 0.4) is 0 Å². The summed E-state index contributed by atoms with van der Waals surface area (Å²) in [6, 6.07) is 12.0. The molecule has 2 aliphatic heterocycles. The van der Waals surface area contributed by atoms with Gasteiger partial charge in [-0.05, 0) is 53.8 Å². The predicted molar refractivity (Wildman–Crippen MR) is 116 cm³/mol. The monoisotopic (exact) mass is 427 g/mol. The summed E-state index contributed by atoms with van der Waals surface area (Å²) >= 11 is 0. The molecule has 0 saturated heterocycles. The molecule has 0 fully saturated rings. The topological polar surface area (TPSA) is 114 Å². The van der Waals surface area contributed by atoms with Crippen LogP contribution >= 0.6 is 0 Å². The van der Waals surface area contributed by atoms with E-state index in [2.05, 4.69) is 30.1 Å². The van der Waals surface area contributed by atoms with Crippen molar-refractivity contribution >= 4 is 0 Å². The van der Waals surface area contributed by atoms with E-state index in [4.69, 9.17) is 4.74 Å². The zero-order valence-electron chi connectivity index (χ0n) is 17.7. The molecule has 7 heteroatoms. The van der Waals surface area contributed by atoms with Crippen molar-refractivity contribution < 1.29 is 30.3 Å². The molecule has 166 valence electrons. The number of benzene rings is 2. The molecule has 31 heavy (non-hydrogen) atoms. The second-order valence-electron chi connectivity index (χ2n) is 8.44. The van der Waals surface area contributed by atoms with Crippen molar-refractivity contribution in [1.82, 2.24) is 4.90 Å². The van der Waals surface area contributed by atoms with Gasteiger partial charge in [-0.1, -0.05) is 36.4 Å². The SMILES string of the molecule is Cc1cc(-c2cccc3c2CCN(C)C3)ccc1[C@@H](O)[C@H]1OC(CO)[C@@H](O)C(O)=C1O. The number of nitrogens with zero attached hydrogens (tertiary/aromatic N) is 1. The quantitative estimate of drug-likeness (QED) is 0.508. The fraction of sp³-hybridized carbons (Fsp3) is 0.417. The van der Waals surface area contributed by atoms with Crippen LogP contribution in [0.1, 0.15) is 28.4 Å². The van der Waals surface area contributed by atoms with Gasteiger partial charge in [0.25, 0.3) is 0 Å². The molecule has 0 amide bonds. The minimum atomic E-state index is -1.54. The zero-order chi connectivity index (χ0) is 22.3. The van der Waals surface area contributed by atoms with Gasteiger partial charge < -0.3 is 35.2 Å². The van der Waals surface area contributed by atoms with E-state index in [-0.39, 0.29) is 0 Å². The van der Waals surface area contributed by atoms with Gasteiger partial charge in [0.15, 0.2) is 11.5 Å². The van der Waals surface area contributed by atoms with Crippen LogP contribution in [-0.2, 0) is 17.7 Å². The van der Waals surface area contributed by atoms with E-state index in [9.17, 15) is 25.5 Å². The Bertz CT molecular complexity index is 1000. The Morgan fingerprint density at radius 2 is 1.94 bits per heavy atom. The molecule has 2 heterocycles. The summed E-state index contributed by atoms with van der Waals surface area (Å²) in [5.74, 6) is -1.32. The summed E-state index contributed by atoms with van der Waals surface area (Å²) in [5, 5.41) is 50.4. The van der Waals surface area contributed by atoms with E-state index in [1.165, 1.54) is 16.7 Å². The second kappa shape index (κ2) is 8.61. The van der Waals surface area contributed by atoms with Gasteiger partial charge in [-0.25, -0.2) is 0 Å². The Hall–Kier alpha value is -2.42. The van der Waals surface area contributed by atoms with Crippen LogP contribution in [0.2, 0.25) is 0 Å². The number of hydrogen-bond acceptors (Lipinski definition) is 7. The third-order valence-corrected chi connectivity index (χ3v) is 6.31. The van der Waals surface area contributed by atoms with Crippen LogP contribution < -0.4 is 0 Å². The lowest BCUT2D eigenvalue weighted by Crippen LogP contribution is -2.45. The molecule has 0 aromatic heterocycles. The smallest absolute Gasteiger partial charge is 0.165 e. The number of likely N-dealkylation sites (N-methyl/N-ethyl adjacent to an activating group) is 1. The number of ether oxygens (including phenoxy) is 1. The lowest BCUT2D eigenvalue weighted by atomic mass is 9.88. The van der Waals surface area contributed by atoms with Crippen LogP contribution in [-0.4, -0.2) is 68.9 Å². The molecular formula is C24H29NO6. The minimum Gasteiger partial charge on any atom is -0.506 e. The van der Waals surface area contributed by atoms with Gasteiger partial charge in [0.05, 0.1) is 6.61 Å². The third-order valence-electron chi connectivity index (χ3n) is 6.31. The number of rotatable bonds is 4. The molecule has 2 aromatic carbocycles. The van der Waals surface area contributed by atoms with Crippen molar-refractivity contribution in [3.8, 4) is 11.1 Å². The lowest BCUT2D eigenvalue weighted by Gasteiger charge is -2.34. The maximum Gasteiger partial charge on any atom is 0.165 e. The molecule has 2 aliphatic rings. The Morgan fingerprint density at radius 1 is 1.16 bits per heavy atom. The molecule has 0 saturated carbocycles. The first-order valence-electron chi connectivity index (χ1n) is 10.5. The maximum absolute atomic E-state index is 10.9. The van der Waals surface area contributed by atoms with E-state index in [0.717, 1.165) is 30.6 Å². The van der Waals surface area contributed by atoms with E-state index >= 15 is 0 Å².